The fraction of sp³-hybridized carbons (Fsp3) is 0.800. The molecule has 0 saturated heterocycles. The van der Waals surface area contributed by atoms with Gasteiger partial charge < -0.3 is 0 Å². The third-order valence-corrected chi connectivity index (χ3v) is 7.76. The molecular formula is C20H30. The van der Waals surface area contributed by atoms with Gasteiger partial charge in [0, 0.05) is 0 Å². The van der Waals surface area contributed by atoms with Crippen molar-refractivity contribution in [1.82, 2.24) is 0 Å². The number of fused-ring (bicyclic) bond motifs is 5. The van der Waals surface area contributed by atoms with Crippen LogP contribution in [0.25, 0.3) is 0 Å². The maximum atomic E-state index is 4.50. The Morgan fingerprint density at radius 2 is 1.90 bits per heavy atom. The van der Waals surface area contributed by atoms with Crippen LogP contribution in [0.5, 0.6) is 0 Å². The average molecular weight is 270 g/mol. The monoisotopic (exact) mass is 270 g/mol. The lowest BCUT2D eigenvalue weighted by Gasteiger charge is -2.58. The maximum absolute atomic E-state index is 4.50. The molecule has 0 aliphatic heterocycles. The van der Waals surface area contributed by atoms with Gasteiger partial charge in [-0.3, -0.25) is 0 Å². The van der Waals surface area contributed by atoms with Crippen molar-refractivity contribution in [2.24, 2.45) is 28.6 Å². The first-order valence-corrected chi connectivity index (χ1v) is 8.93. The van der Waals surface area contributed by atoms with Crippen LogP contribution in [0.1, 0.15) is 71.6 Å². The zero-order valence-electron chi connectivity index (χ0n) is 13.4. The summed E-state index contributed by atoms with van der Waals surface area (Å²) in [6.07, 6.45) is 15.4. The lowest BCUT2D eigenvalue weighted by molar-refractivity contribution is -0.0246. The third kappa shape index (κ3) is 1.60. The van der Waals surface area contributed by atoms with Gasteiger partial charge in [-0.25, -0.2) is 0 Å². The molecule has 0 heteroatoms. The van der Waals surface area contributed by atoms with Gasteiger partial charge in [-0.05, 0) is 85.5 Å². The Kier molecular flexibility index (Phi) is 2.79. The van der Waals surface area contributed by atoms with Crippen molar-refractivity contribution in [2.75, 3.05) is 0 Å². The summed E-state index contributed by atoms with van der Waals surface area (Å²) in [7, 11) is 0. The molecule has 4 aliphatic rings. The molecule has 0 aromatic carbocycles. The molecule has 110 valence electrons. The molecule has 4 aliphatic carbocycles. The Morgan fingerprint density at radius 3 is 2.75 bits per heavy atom. The van der Waals surface area contributed by atoms with Crippen LogP contribution in [0.15, 0.2) is 23.8 Å². The summed E-state index contributed by atoms with van der Waals surface area (Å²) in [5.41, 5.74) is 4.33. The molecule has 3 fully saturated rings. The van der Waals surface area contributed by atoms with Gasteiger partial charge >= 0.3 is 0 Å². The first kappa shape index (κ1) is 13.2. The van der Waals surface area contributed by atoms with Crippen molar-refractivity contribution < 1.29 is 0 Å². The molecule has 0 bridgehead atoms. The molecule has 0 heterocycles. The second-order valence-electron chi connectivity index (χ2n) is 8.70. The minimum atomic E-state index is 0.474. The van der Waals surface area contributed by atoms with Crippen LogP contribution in [-0.4, -0.2) is 0 Å². The van der Waals surface area contributed by atoms with Crippen LogP contribution >= 0.6 is 0 Å². The zero-order valence-corrected chi connectivity index (χ0v) is 13.4. The van der Waals surface area contributed by atoms with E-state index in [1.54, 1.807) is 5.57 Å². The van der Waals surface area contributed by atoms with Crippen LogP contribution < -0.4 is 0 Å². The predicted octanol–water partition coefficient (Wildman–Crippen LogP) is 5.90. The van der Waals surface area contributed by atoms with E-state index in [9.17, 15) is 0 Å². The van der Waals surface area contributed by atoms with E-state index in [1.165, 1.54) is 63.4 Å². The summed E-state index contributed by atoms with van der Waals surface area (Å²) < 4.78 is 0. The lowest BCUT2D eigenvalue weighted by atomic mass is 9.47. The molecule has 5 atom stereocenters. The summed E-state index contributed by atoms with van der Waals surface area (Å²) in [5.74, 6) is 2.90. The molecule has 0 spiro atoms. The van der Waals surface area contributed by atoms with E-state index in [2.05, 4.69) is 26.5 Å². The van der Waals surface area contributed by atoms with Gasteiger partial charge in [0.05, 0.1) is 0 Å². The van der Waals surface area contributed by atoms with E-state index in [0.29, 0.717) is 10.8 Å². The Morgan fingerprint density at radius 1 is 1.05 bits per heavy atom. The minimum Gasteiger partial charge on any atom is -0.0955 e. The van der Waals surface area contributed by atoms with E-state index in [-0.39, 0.29) is 0 Å². The minimum absolute atomic E-state index is 0.474. The second kappa shape index (κ2) is 4.24. The van der Waals surface area contributed by atoms with Crippen LogP contribution in [0, 0.1) is 28.6 Å². The largest absolute Gasteiger partial charge is 0.0955 e. The molecule has 4 rings (SSSR count). The normalized spacial score (nSPS) is 51.0. The summed E-state index contributed by atoms with van der Waals surface area (Å²) in [6.45, 7) is 9.68. The highest BCUT2D eigenvalue weighted by molar-refractivity contribution is 5.40. The Labute approximate surface area is 124 Å². The number of allylic oxidation sites excluding steroid dienone is 3. The molecule has 0 aromatic rings. The smallest absolute Gasteiger partial charge is 0.00447 e. The maximum Gasteiger partial charge on any atom is -0.00447 e. The highest BCUT2D eigenvalue weighted by atomic mass is 14.6. The van der Waals surface area contributed by atoms with E-state index in [1.807, 2.05) is 0 Å². The molecule has 20 heavy (non-hydrogen) atoms. The van der Waals surface area contributed by atoms with Crippen molar-refractivity contribution in [3.63, 3.8) is 0 Å². The van der Waals surface area contributed by atoms with Crippen molar-refractivity contribution in [3.8, 4) is 0 Å². The molecule has 0 unspecified atom stereocenters. The molecule has 0 aromatic heterocycles. The zero-order chi connectivity index (χ0) is 14.0. The number of hydrogen-bond acceptors (Lipinski definition) is 0. The van der Waals surface area contributed by atoms with Crippen molar-refractivity contribution in [1.29, 1.82) is 0 Å². The van der Waals surface area contributed by atoms with Gasteiger partial charge in [-0.2, -0.15) is 0 Å². The fourth-order valence-electron chi connectivity index (χ4n) is 6.77. The van der Waals surface area contributed by atoms with E-state index in [0.717, 1.165) is 17.8 Å². The molecule has 0 N–H and O–H groups in total. The number of hydrogen-bond donors (Lipinski definition) is 0. The van der Waals surface area contributed by atoms with Gasteiger partial charge in [0.2, 0.25) is 0 Å². The average Bonchev–Trinajstić information content (AvgIpc) is 2.81. The summed E-state index contributed by atoms with van der Waals surface area (Å²) in [5, 5.41) is 0. The van der Waals surface area contributed by atoms with Crippen LogP contribution in [0.2, 0.25) is 0 Å². The highest BCUT2D eigenvalue weighted by Gasteiger charge is 2.56. The number of rotatable bonds is 0. The van der Waals surface area contributed by atoms with Crippen molar-refractivity contribution >= 4 is 0 Å². The van der Waals surface area contributed by atoms with Gasteiger partial charge in [-0.1, -0.05) is 38.5 Å². The highest BCUT2D eigenvalue weighted by Crippen LogP contribution is 2.66. The van der Waals surface area contributed by atoms with Crippen molar-refractivity contribution in [3.05, 3.63) is 23.8 Å². The van der Waals surface area contributed by atoms with Gasteiger partial charge in [-0.15, -0.1) is 0 Å². The molecule has 3 saturated carbocycles. The summed E-state index contributed by atoms with van der Waals surface area (Å²) >= 11 is 0. The first-order valence-electron chi connectivity index (χ1n) is 8.93. The van der Waals surface area contributed by atoms with Crippen LogP contribution in [-0.2, 0) is 0 Å². The molecular weight excluding hydrogens is 240 g/mol. The van der Waals surface area contributed by atoms with Gasteiger partial charge in [0.25, 0.3) is 0 Å². The predicted molar refractivity (Wildman–Crippen MR) is 85.5 cm³/mol. The van der Waals surface area contributed by atoms with E-state index in [4.69, 9.17) is 0 Å². The standard InChI is InChI=1S/C20H30/c1-14-13-15-17-8-6-10-19(17,2)12-9-18(15)20(3)11-5-4-7-16(14)20/h7,15,17-18H,1,4-6,8-13H2,2-3H3/t15-,17-,18+,19-,20-/m0/s1. The summed E-state index contributed by atoms with van der Waals surface area (Å²) in [6, 6.07) is 0. The Balaban J connectivity index is 1.74. The lowest BCUT2D eigenvalue weighted by Crippen LogP contribution is -2.49. The first-order chi connectivity index (χ1) is 9.55. The van der Waals surface area contributed by atoms with E-state index >= 15 is 0 Å². The summed E-state index contributed by atoms with van der Waals surface area (Å²) in [4.78, 5) is 0. The van der Waals surface area contributed by atoms with Crippen LogP contribution in [0.3, 0.4) is 0 Å². The Hall–Kier alpha value is -0.520. The second-order valence-corrected chi connectivity index (χ2v) is 8.70. The van der Waals surface area contributed by atoms with Gasteiger partial charge in [0.15, 0.2) is 0 Å². The van der Waals surface area contributed by atoms with Gasteiger partial charge in [0.1, 0.15) is 0 Å². The van der Waals surface area contributed by atoms with E-state index < -0.39 is 0 Å². The molecule has 0 radical (unpaired) electrons. The third-order valence-electron chi connectivity index (χ3n) is 7.76. The quantitative estimate of drug-likeness (QED) is 0.514. The fourth-order valence-corrected chi connectivity index (χ4v) is 6.77. The van der Waals surface area contributed by atoms with Crippen LogP contribution in [0.4, 0.5) is 0 Å². The topological polar surface area (TPSA) is 0 Å². The molecule has 0 amide bonds. The SMILES string of the molecule is C=C1C[C@@H]2[C@@H](CC[C@]3(C)CCC[C@@H]23)[C@@]2(C)CCCC=C12. The Bertz CT molecular complexity index is 470. The van der Waals surface area contributed by atoms with Crippen molar-refractivity contribution in [2.45, 2.75) is 71.6 Å². The molecule has 0 nitrogen and oxygen atoms in total.